The lowest BCUT2D eigenvalue weighted by molar-refractivity contribution is -0.122. The van der Waals surface area contributed by atoms with Gasteiger partial charge in [0, 0.05) is 18.2 Å². The number of benzene rings is 2. The van der Waals surface area contributed by atoms with Gasteiger partial charge in [0.25, 0.3) is 0 Å². The first-order valence-corrected chi connectivity index (χ1v) is 9.18. The summed E-state index contributed by atoms with van der Waals surface area (Å²) in [4.78, 5) is 16.4. The van der Waals surface area contributed by atoms with Crippen LogP contribution in [0.2, 0.25) is 0 Å². The Morgan fingerprint density at radius 2 is 1.81 bits per heavy atom. The van der Waals surface area contributed by atoms with Gasteiger partial charge in [-0.15, -0.1) is 24.0 Å². The summed E-state index contributed by atoms with van der Waals surface area (Å²) >= 11 is 0. The van der Waals surface area contributed by atoms with Gasteiger partial charge in [0.15, 0.2) is 5.96 Å². The number of nitrogens with one attached hydrogen (secondary N) is 2. The number of carbonyl (C=O) groups excluding carboxylic acids is 1. The molecule has 0 heterocycles. The van der Waals surface area contributed by atoms with Crippen LogP contribution in [-0.2, 0) is 17.8 Å². The SMILES string of the molecule is I.NC(=NCc1cccc(NC(=O)C2CCC2)c1)NCCc1ccccc1. The molecule has 0 radical (unpaired) electrons. The Kier molecular flexibility index (Phi) is 8.57. The first-order valence-electron chi connectivity index (χ1n) is 9.18. The highest BCUT2D eigenvalue weighted by Crippen LogP contribution is 2.27. The number of aliphatic imine (C=N–C) groups is 1. The van der Waals surface area contributed by atoms with Crippen molar-refractivity contribution >= 4 is 41.5 Å². The average molecular weight is 478 g/mol. The standard InChI is InChI=1S/C21H26N4O.HI/c22-21(23-13-12-16-6-2-1-3-7-16)24-15-17-8-4-11-19(14-17)25-20(26)18-9-5-10-18;/h1-4,6-8,11,14,18H,5,9-10,12-13,15H2,(H,25,26)(H3,22,23,24);1H. The molecule has 1 fully saturated rings. The summed E-state index contributed by atoms with van der Waals surface area (Å²) < 4.78 is 0. The highest BCUT2D eigenvalue weighted by molar-refractivity contribution is 14.0. The number of anilines is 1. The summed E-state index contributed by atoms with van der Waals surface area (Å²) in [5, 5.41) is 6.13. The molecule has 2 aromatic rings. The Morgan fingerprint density at radius 3 is 2.52 bits per heavy atom. The minimum Gasteiger partial charge on any atom is -0.370 e. The van der Waals surface area contributed by atoms with Crippen molar-refractivity contribution < 1.29 is 4.79 Å². The topological polar surface area (TPSA) is 79.5 Å². The third-order valence-electron chi connectivity index (χ3n) is 4.67. The maximum atomic E-state index is 12.0. The Bertz CT molecular complexity index is 760. The predicted octanol–water partition coefficient (Wildman–Crippen LogP) is 3.69. The molecular formula is C21H27IN4O. The lowest BCUT2D eigenvalue weighted by Crippen LogP contribution is -2.33. The van der Waals surface area contributed by atoms with Crippen LogP contribution in [0.25, 0.3) is 0 Å². The van der Waals surface area contributed by atoms with Crippen LogP contribution in [0.15, 0.2) is 59.6 Å². The van der Waals surface area contributed by atoms with E-state index >= 15 is 0 Å². The number of halogens is 1. The lowest BCUT2D eigenvalue weighted by atomic mass is 9.85. The van der Waals surface area contributed by atoms with Gasteiger partial charge in [-0.3, -0.25) is 4.79 Å². The predicted molar refractivity (Wildman–Crippen MR) is 121 cm³/mol. The summed E-state index contributed by atoms with van der Waals surface area (Å²) in [7, 11) is 0. The fourth-order valence-corrected chi connectivity index (χ4v) is 2.87. The van der Waals surface area contributed by atoms with Gasteiger partial charge in [-0.25, -0.2) is 4.99 Å². The van der Waals surface area contributed by atoms with E-state index in [0.29, 0.717) is 12.5 Å². The smallest absolute Gasteiger partial charge is 0.227 e. The number of hydrogen-bond donors (Lipinski definition) is 3. The maximum Gasteiger partial charge on any atom is 0.227 e. The number of hydrogen-bond acceptors (Lipinski definition) is 2. The molecule has 6 heteroatoms. The van der Waals surface area contributed by atoms with Crippen LogP contribution in [0.4, 0.5) is 5.69 Å². The third-order valence-corrected chi connectivity index (χ3v) is 4.67. The summed E-state index contributed by atoms with van der Waals surface area (Å²) in [5.74, 6) is 0.741. The second-order valence-electron chi connectivity index (χ2n) is 6.68. The van der Waals surface area contributed by atoms with Crippen LogP contribution < -0.4 is 16.4 Å². The van der Waals surface area contributed by atoms with Crippen LogP contribution in [0.5, 0.6) is 0 Å². The minimum absolute atomic E-state index is 0. The van der Waals surface area contributed by atoms with E-state index < -0.39 is 0 Å². The van der Waals surface area contributed by atoms with Gasteiger partial charge in [-0.2, -0.15) is 0 Å². The van der Waals surface area contributed by atoms with Crippen molar-refractivity contribution in [3.63, 3.8) is 0 Å². The van der Waals surface area contributed by atoms with E-state index in [2.05, 4.69) is 27.8 Å². The fraction of sp³-hybridized carbons (Fsp3) is 0.333. The van der Waals surface area contributed by atoms with E-state index in [1.54, 1.807) is 0 Å². The van der Waals surface area contributed by atoms with Crippen LogP contribution in [-0.4, -0.2) is 18.4 Å². The van der Waals surface area contributed by atoms with Crippen LogP contribution >= 0.6 is 24.0 Å². The number of nitrogens with zero attached hydrogens (tertiary/aromatic N) is 1. The largest absolute Gasteiger partial charge is 0.370 e. The molecule has 0 bridgehead atoms. The van der Waals surface area contributed by atoms with Crippen molar-refractivity contribution in [3.05, 3.63) is 65.7 Å². The maximum absolute atomic E-state index is 12.0. The molecule has 0 aromatic heterocycles. The molecule has 4 N–H and O–H groups in total. The van der Waals surface area contributed by atoms with Gasteiger partial charge in [-0.1, -0.05) is 48.9 Å². The Balaban J connectivity index is 0.00000261. The van der Waals surface area contributed by atoms with Gasteiger partial charge in [0.2, 0.25) is 5.91 Å². The van der Waals surface area contributed by atoms with Crippen molar-refractivity contribution in [3.8, 4) is 0 Å². The van der Waals surface area contributed by atoms with Gasteiger partial charge < -0.3 is 16.4 Å². The number of nitrogens with two attached hydrogens (primary N) is 1. The number of carbonyl (C=O) groups is 1. The van der Waals surface area contributed by atoms with Gasteiger partial charge in [0.1, 0.15) is 0 Å². The molecule has 1 aliphatic rings. The van der Waals surface area contributed by atoms with E-state index in [-0.39, 0.29) is 35.8 Å². The third kappa shape index (κ3) is 6.86. The Morgan fingerprint density at radius 1 is 1.07 bits per heavy atom. The highest BCUT2D eigenvalue weighted by atomic mass is 127. The molecule has 5 nitrogen and oxygen atoms in total. The van der Waals surface area contributed by atoms with Crippen molar-refractivity contribution in [1.82, 2.24) is 5.32 Å². The van der Waals surface area contributed by atoms with E-state index in [1.807, 2.05) is 42.5 Å². The van der Waals surface area contributed by atoms with Crippen molar-refractivity contribution in [2.75, 3.05) is 11.9 Å². The summed E-state index contributed by atoms with van der Waals surface area (Å²) in [5.41, 5.74) is 9.05. The fourth-order valence-electron chi connectivity index (χ4n) is 2.87. The molecular weight excluding hydrogens is 451 g/mol. The van der Waals surface area contributed by atoms with Gasteiger partial charge >= 0.3 is 0 Å². The zero-order valence-electron chi connectivity index (χ0n) is 15.4. The second kappa shape index (κ2) is 10.9. The van der Waals surface area contributed by atoms with Crippen molar-refractivity contribution in [2.24, 2.45) is 16.6 Å². The molecule has 0 aliphatic heterocycles. The Labute approximate surface area is 177 Å². The van der Waals surface area contributed by atoms with Gasteiger partial charge in [0.05, 0.1) is 6.54 Å². The molecule has 1 aliphatic carbocycles. The van der Waals surface area contributed by atoms with Crippen LogP contribution in [0, 0.1) is 5.92 Å². The zero-order valence-corrected chi connectivity index (χ0v) is 17.7. The van der Waals surface area contributed by atoms with E-state index in [9.17, 15) is 4.79 Å². The molecule has 1 amide bonds. The van der Waals surface area contributed by atoms with Crippen molar-refractivity contribution in [2.45, 2.75) is 32.2 Å². The molecule has 0 spiro atoms. The normalized spacial score (nSPS) is 14.0. The molecule has 0 saturated heterocycles. The molecule has 1 saturated carbocycles. The van der Waals surface area contributed by atoms with E-state index in [1.165, 1.54) is 5.56 Å². The quantitative estimate of drug-likeness (QED) is 0.323. The van der Waals surface area contributed by atoms with E-state index in [0.717, 1.165) is 43.5 Å². The first-order chi connectivity index (χ1) is 12.7. The lowest BCUT2D eigenvalue weighted by Gasteiger charge is -2.24. The monoisotopic (exact) mass is 478 g/mol. The zero-order chi connectivity index (χ0) is 18.2. The number of guanidine groups is 1. The molecule has 3 rings (SSSR count). The second-order valence-corrected chi connectivity index (χ2v) is 6.68. The first kappa shape index (κ1) is 21.2. The average Bonchev–Trinajstić information content (AvgIpc) is 2.60. The Hall–Kier alpha value is -2.09. The summed E-state index contributed by atoms with van der Waals surface area (Å²) in [6, 6.07) is 18.0. The molecule has 27 heavy (non-hydrogen) atoms. The molecule has 0 atom stereocenters. The molecule has 2 aromatic carbocycles. The van der Waals surface area contributed by atoms with Gasteiger partial charge in [-0.05, 0) is 42.5 Å². The highest BCUT2D eigenvalue weighted by Gasteiger charge is 2.25. The summed E-state index contributed by atoms with van der Waals surface area (Å²) in [6.07, 6.45) is 4.06. The number of amides is 1. The summed E-state index contributed by atoms with van der Waals surface area (Å²) in [6.45, 7) is 1.23. The van der Waals surface area contributed by atoms with Crippen LogP contribution in [0.3, 0.4) is 0 Å². The number of rotatable bonds is 7. The van der Waals surface area contributed by atoms with Crippen LogP contribution in [0.1, 0.15) is 30.4 Å². The molecule has 144 valence electrons. The van der Waals surface area contributed by atoms with E-state index in [4.69, 9.17) is 5.73 Å². The minimum atomic E-state index is 0. The van der Waals surface area contributed by atoms with Crippen molar-refractivity contribution in [1.29, 1.82) is 0 Å². The molecule has 0 unspecified atom stereocenters.